The number of carboxylic acid groups (broad SMARTS) is 1. The van der Waals surface area contributed by atoms with Gasteiger partial charge in [0.25, 0.3) is 0 Å². The van der Waals surface area contributed by atoms with Crippen LogP contribution in [0.15, 0.2) is 36.6 Å². The number of carbonyl (C=O) groups excluding carboxylic acids is 2. The minimum absolute atomic E-state index is 0.176. The summed E-state index contributed by atoms with van der Waals surface area (Å²) in [4.78, 5) is 30.0. The van der Waals surface area contributed by atoms with Crippen LogP contribution < -0.4 is 0 Å². The molecule has 0 aliphatic heterocycles. The Morgan fingerprint density at radius 2 is 1.33 bits per heavy atom. The maximum atomic E-state index is 10.2. The number of esters is 2. The van der Waals surface area contributed by atoms with Crippen molar-refractivity contribution in [2.45, 2.75) is 20.8 Å². The van der Waals surface area contributed by atoms with Gasteiger partial charge in [-0.05, 0) is 27.4 Å². The number of methoxy groups -OCH3 is 1. The zero-order valence-corrected chi connectivity index (χ0v) is 12.8. The average Bonchev–Trinajstić information content (AvgIpc) is 2.39. The van der Waals surface area contributed by atoms with Gasteiger partial charge in [-0.2, -0.15) is 0 Å². The van der Waals surface area contributed by atoms with E-state index in [1.54, 1.807) is 13.8 Å². The van der Waals surface area contributed by atoms with Crippen molar-refractivity contribution < 1.29 is 34.1 Å². The van der Waals surface area contributed by atoms with E-state index in [-0.39, 0.29) is 18.1 Å². The molecule has 0 atom stereocenters. The predicted octanol–water partition coefficient (Wildman–Crippen LogP) is 2.00. The zero-order valence-electron chi connectivity index (χ0n) is 12.8. The zero-order chi connectivity index (χ0) is 17.6. The van der Waals surface area contributed by atoms with Gasteiger partial charge in [0.15, 0.2) is 5.76 Å². The molecule has 0 bridgehead atoms. The van der Waals surface area contributed by atoms with Crippen molar-refractivity contribution in [3.63, 3.8) is 0 Å². The minimum Gasteiger partial charge on any atom is -0.502 e. The fourth-order valence-electron chi connectivity index (χ4n) is 0.389. The van der Waals surface area contributed by atoms with Crippen molar-refractivity contribution in [2.75, 3.05) is 13.7 Å². The number of rotatable bonds is 4. The highest BCUT2D eigenvalue weighted by atomic mass is 16.5. The molecule has 0 radical (unpaired) electrons. The van der Waals surface area contributed by atoms with E-state index in [2.05, 4.69) is 29.2 Å². The summed E-state index contributed by atoms with van der Waals surface area (Å²) in [6.07, 6.45) is 0. The molecule has 0 aliphatic carbocycles. The van der Waals surface area contributed by atoms with E-state index < -0.39 is 17.7 Å². The first-order valence-corrected chi connectivity index (χ1v) is 5.68. The van der Waals surface area contributed by atoms with Crippen LogP contribution in [0.3, 0.4) is 0 Å². The lowest BCUT2D eigenvalue weighted by Gasteiger charge is -1.95. The van der Waals surface area contributed by atoms with Gasteiger partial charge in [0.2, 0.25) is 0 Å². The summed E-state index contributed by atoms with van der Waals surface area (Å²) in [5.41, 5.74) is 0.609. The topological polar surface area (TPSA) is 110 Å². The second kappa shape index (κ2) is 13.9. The number of aliphatic hydroxyl groups excluding tert-OH is 1. The van der Waals surface area contributed by atoms with Crippen molar-refractivity contribution in [1.82, 2.24) is 0 Å². The third kappa shape index (κ3) is 19.9. The van der Waals surface area contributed by atoms with E-state index in [4.69, 9.17) is 10.2 Å². The van der Waals surface area contributed by atoms with Crippen LogP contribution in [0.1, 0.15) is 20.8 Å². The van der Waals surface area contributed by atoms with Crippen LogP contribution >= 0.6 is 0 Å². The number of carbonyl (C=O) groups is 3. The van der Waals surface area contributed by atoms with E-state index in [0.717, 1.165) is 0 Å². The Morgan fingerprint density at radius 1 is 0.952 bits per heavy atom. The lowest BCUT2D eigenvalue weighted by molar-refractivity contribution is -0.141. The van der Waals surface area contributed by atoms with Gasteiger partial charge in [0, 0.05) is 11.1 Å². The minimum atomic E-state index is -0.935. The van der Waals surface area contributed by atoms with Gasteiger partial charge in [-0.25, -0.2) is 14.4 Å². The maximum Gasteiger partial charge on any atom is 0.372 e. The van der Waals surface area contributed by atoms with Crippen LogP contribution in [0.2, 0.25) is 0 Å². The normalized spacial score (nSPS) is 7.81. The summed E-state index contributed by atoms with van der Waals surface area (Å²) in [6.45, 7) is 14.4. The molecule has 0 unspecified atom stereocenters. The number of hydrogen-bond acceptors (Lipinski definition) is 6. The molecule has 7 heteroatoms. The lowest BCUT2D eigenvalue weighted by atomic mass is 10.4. The SMILES string of the molecule is C=C(C)C(=O)O.C=C(C)C(=O)OC.C=C(O)C(=O)OCC. The Bertz CT molecular complexity index is 396. The van der Waals surface area contributed by atoms with E-state index in [9.17, 15) is 14.4 Å². The molecule has 0 amide bonds. The fraction of sp³-hybridized carbons (Fsp3) is 0.357. The smallest absolute Gasteiger partial charge is 0.372 e. The number of aliphatic carboxylic acids is 1. The number of carboxylic acids is 1. The number of hydrogen-bond donors (Lipinski definition) is 2. The molecule has 0 aromatic rings. The molecule has 0 aromatic carbocycles. The number of ether oxygens (including phenoxy) is 2. The van der Waals surface area contributed by atoms with Gasteiger partial charge in [0.1, 0.15) is 0 Å². The van der Waals surface area contributed by atoms with Gasteiger partial charge in [-0.15, -0.1) is 0 Å². The standard InChI is InChI=1S/C5H8O3.C5H8O2.C4H6O2/c1-3-8-5(7)4(2)6;1-4(2)5(6)7-3;1-3(2)4(5)6/h6H,2-3H2,1H3;1H2,2-3H3;1H2,2H3,(H,5,6). The third-order valence-corrected chi connectivity index (χ3v) is 1.41. The molecular formula is C14H22O7. The Kier molecular flexibility index (Phi) is 15.5. The molecule has 0 fully saturated rings. The van der Waals surface area contributed by atoms with Crippen molar-refractivity contribution in [3.8, 4) is 0 Å². The molecule has 0 aliphatic rings. The first-order valence-electron chi connectivity index (χ1n) is 5.68. The van der Waals surface area contributed by atoms with Crippen LogP contribution in [0.4, 0.5) is 0 Å². The molecule has 0 heterocycles. The summed E-state index contributed by atoms with van der Waals surface area (Å²) < 4.78 is 8.59. The van der Waals surface area contributed by atoms with Gasteiger partial charge < -0.3 is 19.7 Å². The molecule has 0 saturated heterocycles. The summed E-state index contributed by atoms with van der Waals surface area (Å²) in [5.74, 6) is -2.59. The highest BCUT2D eigenvalue weighted by molar-refractivity contribution is 5.86. The van der Waals surface area contributed by atoms with Crippen molar-refractivity contribution in [1.29, 1.82) is 0 Å². The summed E-state index contributed by atoms with van der Waals surface area (Å²) in [7, 11) is 1.33. The first kappa shape index (κ1) is 23.5. The van der Waals surface area contributed by atoms with Crippen molar-refractivity contribution in [3.05, 3.63) is 36.6 Å². The summed E-state index contributed by atoms with van der Waals surface area (Å²) in [5, 5.41) is 16.2. The Morgan fingerprint density at radius 3 is 1.38 bits per heavy atom. The lowest BCUT2D eigenvalue weighted by Crippen LogP contribution is -2.05. The predicted molar refractivity (Wildman–Crippen MR) is 77.7 cm³/mol. The van der Waals surface area contributed by atoms with Crippen molar-refractivity contribution >= 4 is 17.9 Å². The molecule has 2 N–H and O–H groups in total. The molecule has 0 spiro atoms. The molecule has 0 saturated carbocycles. The van der Waals surface area contributed by atoms with Crippen LogP contribution in [-0.4, -0.2) is 41.8 Å². The maximum absolute atomic E-state index is 10.2. The molecule has 120 valence electrons. The van der Waals surface area contributed by atoms with Gasteiger partial charge >= 0.3 is 17.9 Å². The average molecular weight is 302 g/mol. The molecular weight excluding hydrogens is 280 g/mol. The monoisotopic (exact) mass is 302 g/mol. The Labute approximate surface area is 124 Å². The van der Waals surface area contributed by atoms with E-state index in [1.807, 2.05) is 0 Å². The van der Waals surface area contributed by atoms with Crippen molar-refractivity contribution in [2.24, 2.45) is 0 Å². The van der Waals surface area contributed by atoms with Crippen LogP contribution in [0.25, 0.3) is 0 Å². The number of aliphatic hydroxyl groups is 1. The quantitative estimate of drug-likeness (QED) is 0.464. The molecule has 0 rings (SSSR count). The Balaban J connectivity index is -0.000000234. The summed E-state index contributed by atoms with van der Waals surface area (Å²) in [6, 6.07) is 0. The van der Waals surface area contributed by atoms with Gasteiger partial charge in [0.05, 0.1) is 13.7 Å². The highest BCUT2D eigenvalue weighted by Crippen LogP contribution is 1.87. The second-order valence-corrected chi connectivity index (χ2v) is 3.52. The van der Waals surface area contributed by atoms with Crippen LogP contribution in [0, 0.1) is 0 Å². The molecule has 7 nitrogen and oxygen atoms in total. The van der Waals surface area contributed by atoms with Gasteiger partial charge in [-0.3, -0.25) is 0 Å². The third-order valence-electron chi connectivity index (χ3n) is 1.41. The van der Waals surface area contributed by atoms with Gasteiger partial charge in [-0.1, -0.05) is 13.2 Å². The first-order chi connectivity index (χ1) is 9.50. The molecule has 0 aromatic heterocycles. The summed E-state index contributed by atoms with van der Waals surface area (Å²) >= 11 is 0. The van der Waals surface area contributed by atoms with Crippen LogP contribution in [0.5, 0.6) is 0 Å². The van der Waals surface area contributed by atoms with E-state index >= 15 is 0 Å². The second-order valence-electron chi connectivity index (χ2n) is 3.52. The largest absolute Gasteiger partial charge is 0.502 e. The Hall–Kier alpha value is -2.57. The van der Waals surface area contributed by atoms with E-state index in [1.165, 1.54) is 14.0 Å². The van der Waals surface area contributed by atoms with E-state index in [0.29, 0.717) is 5.57 Å². The van der Waals surface area contributed by atoms with Crippen LogP contribution in [-0.2, 0) is 23.9 Å². The highest BCUT2D eigenvalue weighted by Gasteiger charge is 2.01. The fourth-order valence-corrected chi connectivity index (χ4v) is 0.389. The molecule has 21 heavy (non-hydrogen) atoms.